The quantitative estimate of drug-likeness (QED) is 0.845. The summed E-state index contributed by atoms with van der Waals surface area (Å²) in [5.74, 6) is 1.05. The summed E-state index contributed by atoms with van der Waals surface area (Å²) in [5.41, 5.74) is -0.0566. The molecule has 24 heavy (non-hydrogen) atoms. The first-order chi connectivity index (χ1) is 11.6. The maximum Gasteiger partial charge on any atom is 0.293 e. The van der Waals surface area contributed by atoms with Gasteiger partial charge in [0.25, 0.3) is 5.56 Å². The Balaban J connectivity index is 1.48. The highest BCUT2D eigenvalue weighted by Crippen LogP contribution is 2.23. The molecule has 2 aromatic rings. The Kier molecular flexibility index (Phi) is 5.13. The Hall–Kier alpha value is -2.37. The van der Waals surface area contributed by atoms with E-state index in [2.05, 4.69) is 9.88 Å². The van der Waals surface area contributed by atoms with Crippen LogP contribution in [0.2, 0.25) is 0 Å². The normalized spacial score (nSPS) is 15.5. The van der Waals surface area contributed by atoms with Crippen molar-refractivity contribution in [3.05, 3.63) is 52.8 Å². The first-order valence-corrected chi connectivity index (χ1v) is 8.29. The molecule has 1 aliphatic heterocycles. The third-order valence-electron chi connectivity index (χ3n) is 4.53. The summed E-state index contributed by atoms with van der Waals surface area (Å²) in [6.45, 7) is 2.14. The number of aryl methyl sites for hydroxylation is 1. The third kappa shape index (κ3) is 3.75. The lowest BCUT2D eigenvalue weighted by atomic mass is 9.94. The predicted molar refractivity (Wildman–Crippen MR) is 90.9 cm³/mol. The molecule has 0 bridgehead atoms. The molecular formula is C18H22FN3O2. The molecule has 3 rings (SSSR count). The van der Waals surface area contributed by atoms with Crippen LogP contribution in [0.3, 0.4) is 0 Å². The van der Waals surface area contributed by atoms with Crippen molar-refractivity contribution in [1.29, 1.82) is 0 Å². The zero-order chi connectivity index (χ0) is 16.9. The molecule has 1 aliphatic rings. The van der Waals surface area contributed by atoms with Gasteiger partial charge in [0, 0.05) is 32.5 Å². The molecule has 1 fully saturated rings. The van der Waals surface area contributed by atoms with Crippen LogP contribution in [0, 0.1) is 11.7 Å². The molecule has 0 saturated carbocycles. The molecule has 0 atom stereocenters. The fraction of sp³-hybridized carbons (Fsp3) is 0.444. The number of halogens is 1. The summed E-state index contributed by atoms with van der Waals surface area (Å²) in [4.78, 5) is 18.4. The van der Waals surface area contributed by atoms with E-state index in [1.807, 2.05) is 0 Å². The third-order valence-corrected chi connectivity index (χ3v) is 4.53. The minimum atomic E-state index is -0.321. The number of nitrogens with zero attached hydrogens (tertiary/aromatic N) is 3. The van der Waals surface area contributed by atoms with Crippen LogP contribution in [0.5, 0.6) is 5.75 Å². The number of ether oxygens (including phenoxy) is 1. The second-order valence-corrected chi connectivity index (χ2v) is 6.16. The Labute approximate surface area is 140 Å². The van der Waals surface area contributed by atoms with E-state index in [9.17, 15) is 9.18 Å². The van der Waals surface area contributed by atoms with Crippen molar-refractivity contribution in [1.82, 2.24) is 9.55 Å². The van der Waals surface area contributed by atoms with E-state index in [4.69, 9.17) is 4.74 Å². The van der Waals surface area contributed by atoms with Crippen LogP contribution in [0.25, 0.3) is 0 Å². The number of aromatic nitrogens is 2. The number of para-hydroxylation sites is 1. The Morgan fingerprint density at radius 2 is 2.04 bits per heavy atom. The van der Waals surface area contributed by atoms with Gasteiger partial charge in [-0.3, -0.25) is 4.79 Å². The number of rotatable bonds is 5. The van der Waals surface area contributed by atoms with Crippen LogP contribution in [-0.2, 0) is 7.05 Å². The van der Waals surface area contributed by atoms with E-state index in [1.165, 1.54) is 6.07 Å². The molecule has 0 radical (unpaired) electrons. The fourth-order valence-corrected chi connectivity index (χ4v) is 3.03. The van der Waals surface area contributed by atoms with Crippen LogP contribution in [0.1, 0.15) is 19.3 Å². The smallest absolute Gasteiger partial charge is 0.293 e. The first-order valence-electron chi connectivity index (χ1n) is 8.29. The second-order valence-electron chi connectivity index (χ2n) is 6.16. The summed E-state index contributed by atoms with van der Waals surface area (Å²) < 4.78 is 20.6. The molecule has 1 saturated heterocycles. The standard InChI is InChI=1S/C18H22FN3O2/c1-21-12-9-20-17(18(21)23)22-10-6-14(7-11-22)8-13-24-16-5-3-2-4-15(16)19/h2-5,9,12,14H,6-8,10-11,13H2,1H3. The van der Waals surface area contributed by atoms with Gasteiger partial charge in [-0.15, -0.1) is 0 Å². The van der Waals surface area contributed by atoms with E-state index < -0.39 is 0 Å². The average Bonchev–Trinajstić information content (AvgIpc) is 2.60. The fourth-order valence-electron chi connectivity index (χ4n) is 3.03. The topological polar surface area (TPSA) is 47.4 Å². The maximum absolute atomic E-state index is 13.5. The number of benzene rings is 1. The summed E-state index contributed by atoms with van der Waals surface area (Å²) >= 11 is 0. The second kappa shape index (κ2) is 7.47. The van der Waals surface area contributed by atoms with E-state index in [0.29, 0.717) is 24.1 Å². The van der Waals surface area contributed by atoms with Gasteiger partial charge in [-0.25, -0.2) is 9.37 Å². The van der Waals surface area contributed by atoms with Gasteiger partial charge in [-0.2, -0.15) is 0 Å². The minimum absolute atomic E-state index is 0.0566. The van der Waals surface area contributed by atoms with Gasteiger partial charge in [0.05, 0.1) is 6.61 Å². The summed E-state index contributed by atoms with van der Waals surface area (Å²) in [7, 11) is 1.74. The average molecular weight is 331 g/mol. The molecule has 128 valence electrons. The van der Waals surface area contributed by atoms with Gasteiger partial charge in [0.15, 0.2) is 17.4 Å². The number of piperidine rings is 1. The van der Waals surface area contributed by atoms with Gasteiger partial charge in [-0.05, 0) is 37.3 Å². The number of hydrogen-bond donors (Lipinski definition) is 0. The lowest BCUT2D eigenvalue weighted by Gasteiger charge is -2.32. The van der Waals surface area contributed by atoms with Crippen LogP contribution >= 0.6 is 0 Å². The van der Waals surface area contributed by atoms with E-state index in [1.54, 1.807) is 42.2 Å². The zero-order valence-corrected chi connectivity index (χ0v) is 13.8. The highest BCUT2D eigenvalue weighted by molar-refractivity contribution is 5.36. The summed E-state index contributed by atoms with van der Waals surface area (Å²) in [6, 6.07) is 6.47. The number of anilines is 1. The van der Waals surface area contributed by atoms with Crippen molar-refractivity contribution in [3.63, 3.8) is 0 Å². The van der Waals surface area contributed by atoms with Crippen molar-refractivity contribution >= 4 is 5.82 Å². The Morgan fingerprint density at radius 1 is 1.29 bits per heavy atom. The van der Waals surface area contributed by atoms with Crippen molar-refractivity contribution in [2.75, 3.05) is 24.6 Å². The molecule has 0 aliphatic carbocycles. The largest absolute Gasteiger partial charge is 0.491 e. The number of hydrogen-bond acceptors (Lipinski definition) is 4. The SMILES string of the molecule is Cn1ccnc(N2CCC(CCOc3ccccc3F)CC2)c1=O. The predicted octanol–water partition coefficient (Wildman–Crippen LogP) is 2.60. The minimum Gasteiger partial charge on any atom is -0.491 e. The lowest BCUT2D eigenvalue weighted by Crippen LogP contribution is -2.39. The van der Waals surface area contributed by atoms with Crippen molar-refractivity contribution in [3.8, 4) is 5.75 Å². The molecule has 0 spiro atoms. The van der Waals surface area contributed by atoms with Crippen LogP contribution in [-0.4, -0.2) is 29.2 Å². The monoisotopic (exact) mass is 331 g/mol. The highest BCUT2D eigenvalue weighted by atomic mass is 19.1. The summed E-state index contributed by atoms with van der Waals surface area (Å²) in [6.07, 6.45) is 6.19. The zero-order valence-electron chi connectivity index (χ0n) is 13.8. The van der Waals surface area contributed by atoms with Gasteiger partial charge in [-0.1, -0.05) is 12.1 Å². The van der Waals surface area contributed by atoms with E-state index >= 15 is 0 Å². The van der Waals surface area contributed by atoms with Crippen molar-refractivity contribution < 1.29 is 9.13 Å². The molecule has 5 nitrogen and oxygen atoms in total. The molecule has 2 heterocycles. The highest BCUT2D eigenvalue weighted by Gasteiger charge is 2.22. The van der Waals surface area contributed by atoms with Crippen LogP contribution < -0.4 is 15.2 Å². The first kappa shape index (κ1) is 16.5. The van der Waals surface area contributed by atoms with Crippen LogP contribution in [0.15, 0.2) is 41.5 Å². The van der Waals surface area contributed by atoms with Crippen molar-refractivity contribution in [2.24, 2.45) is 13.0 Å². The van der Waals surface area contributed by atoms with Gasteiger partial charge < -0.3 is 14.2 Å². The maximum atomic E-state index is 13.5. The molecule has 6 heteroatoms. The lowest BCUT2D eigenvalue weighted by molar-refractivity contribution is 0.249. The molecule has 0 N–H and O–H groups in total. The van der Waals surface area contributed by atoms with Gasteiger partial charge in [0.2, 0.25) is 0 Å². The van der Waals surface area contributed by atoms with Crippen LogP contribution in [0.4, 0.5) is 10.2 Å². The summed E-state index contributed by atoms with van der Waals surface area (Å²) in [5, 5.41) is 0. The van der Waals surface area contributed by atoms with Crippen molar-refractivity contribution in [2.45, 2.75) is 19.3 Å². The molecule has 1 aromatic carbocycles. The van der Waals surface area contributed by atoms with E-state index in [0.717, 1.165) is 32.4 Å². The van der Waals surface area contributed by atoms with Gasteiger partial charge >= 0.3 is 0 Å². The Morgan fingerprint density at radius 3 is 2.79 bits per heavy atom. The Bertz CT molecular complexity index is 739. The molecule has 1 aromatic heterocycles. The van der Waals surface area contributed by atoms with E-state index in [-0.39, 0.29) is 11.4 Å². The molecular weight excluding hydrogens is 309 g/mol. The molecule has 0 unspecified atom stereocenters. The van der Waals surface area contributed by atoms with Gasteiger partial charge in [0.1, 0.15) is 0 Å². The molecule has 0 amide bonds.